The average Bonchev–Trinajstić information content (AvgIpc) is 3.13. The summed E-state index contributed by atoms with van der Waals surface area (Å²) in [5, 5.41) is 0. The van der Waals surface area contributed by atoms with Crippen LogP contribution >= 0.6 is 0 Å². The fraction of sp³-hybridized carbons (Fsp3) is 0.923. The molecule has 96 valence electrons. The highest BCUT2D eigenvalue weighted by Gasteiger charge is 2.37. The van der Waals surface area contributed by atoms with Gasteiger partial charge in [-0.25, -0.2) is 0 Å². The van der Waals surface area contributed by atoms with E-state index >= 15 is 0 Å². The van der Waals surface area contributed by atoms with Gasteiger partial charge in [0, 0.05) is 38.1 Å². The predicted octanol–water partition coefficient (Wildman–Crippen LogP) is 0.420. The molecule has 0 radical (unpaired) electrons. The average molecular weight is 237 g/mol. The third-order valence-corrected chi connectivity index (χ3v) is 4.57. The van der Waals surface area contributed by atoms with Gasteiger partial charge in [-0.05, 0) is 38.1 Å². The zero-order valence-electron chi connectivity index (χ0n) is 10.5. The Kier molecular flexibility index (Phi) is 3.09. The number of carbonyl (C=O) groups is 1. The van der Waals surface area contributed by atoms with Crippen molar-refractivity contribution in [2.24, 2.45) is 11.7 Å². The second kappa shape index (κ2) is 4.58. The molecular weight excluding hydrogens is 214 g/mol. The number of likely N-dealkylation sites (tertiary alicyclic amines) is 2. The standard InChI is InChI=1S/C13H23N3O/c14-8-10-7-13(17)16(9-10)12-3-5-15(6-4-12)11-1-2-11/h10-12H,1-9,14H2. The van der Waals surface area contributed by atoms with Crippen LogP contribution in [0, 0.1) is 5.92 Å². The largest absolute Gasteiger partial charge is 0.339 e. The maximum atomic E-state index is 11.9. The highest BCUT2D eigenvalue weighted by molar-refractivity contribution is 5.79. The molecule has 17 heavy (non-hydrogen) atoms. The van der Waals surface area contributed by atoms with Gasteiger partial charge in [-0.3, -0.25) is 4.79 Å². The van der Waals surface area contributed by atoms with Gasteiger partial charge in [0.2, 0.25) is 5.91 Å². The lowest BCUT2D eigenvalue weighted by Gasteiger charge is -2.37. The molecule has 2 heterocycles. The molecule has 0 aromatic carbocycles. The van der Waals surface area contributed by atoms with Crippen LogP contribution < -0.4 is 5.73 Å². The lowest BCUT2D eigenvalue weighted by molar-refractivity contribution is -0.130. The first kappa shape index (κ1) is 11.5. The Labute approximate surface area is 103 Å². The van der Waals surface area contributed by atoms with Crippen LogP contribution in [0.3, 0.4) is 0 Å². The number of hydrogen-bond acceptors (Lipinski definition) is 3. The van der Waals surface area contributed by atoms with E-state index < -0.39 is 0 Å². The summed E-state index contributed by atoms with van der Waals surface area (Å²) in [5.41, 5.74) is 5.67. The van der Waals surface area contributed by atoms with Gasteiger partial charge >= 0.3 is 0 Å². The molecule has 2 saturated heterocycles. The summed E-state index contributed by atoms with van der Waals surface area (Å²) in [6, 6.07) is 1.37. The van der Waals surface area contributed by atoms with Gasteiger partial charge in [0.1, 0.15) is 0 Å². The molecule has 3 fully saturated rings. The van der Waals surface area contributed by atoms with Crippen LogP contribution in [-0.2, 0) is 4.79 Å². The van der Waals surface area contributed by atoms with Crippen molar-refractivity contribution in [3.8, 4) is 0 Å². The van der Waals surface area contributed by atoms with E-state index in [1.165, 1.54) is 38.8 Å². The highest BCUT2D eigenvalue weighted by atomic mass is 16.2. The monoisotopic (exact) mass is 237 g/mol. The fourth-order valence-electron chi connectivity index (χ4n) is 3.32. The first-order valence-corrected chi connectivity index (χ1v) is 7.01. The van der Waals surface area contributed by atoms with Crippen molar-refractivity contribution in [3.05, 3.63) is 0 Å². The number of nitrogens with zero attached hydrogens (tertiary/aromatic N) is 2. The van der Waals surface area contributed by atoms with E-state index in [0.29, 0.717) is 30.8 Å². The van der Waals surface area contributed by atoms with Crippen LogP contribution in [0.2, 0.25) is 0 Å². The van der Waals surface area contributed by atoms with Gasteiger partial charge in [-0.2, -0.15) is 0 Å². The Bertz CT molecular complexity index is 295. The Morgan fingerprint density at radius 3 is 2.35 bits per heavy atom. The molecule has 0 aromatic heterocycles. The first-order valence-electron chi connectivity index (χ1n) is 7.01. The summed E-state index contributed by atoms with van der Waals surface area (Å²) >= 11 is 0. The van der Waals surface area contributed by atoms with Gasteiger partial charge < -0.3 is 15.5 Å². The number of carbonyl (C=O) groups excluding carboxylic acids is 1. The van der Waals surface area contributed by atoms with Crippen LogP contribution in [0.5, 0.6) is 0 Å². The summed E-state index contributed by atoms with van der Waals surface area (Å²) in [6.07, 6.45) is 5.80. The molecule has 0 spiro atoms. The summed E-state index contributed by atoms with van der Waals surface area (Å²) in [6.45, 7) is 3.94. The van der Waals surface area contributed by atoms with Gasteiger partial charge in [0.05, 0.1) is 0 Å². The van der Waals surface area contributed by atoms with Crippen molar-refractivity contribution in [2.75, 3.05) is 26.2 Å². The van der Waals surface area contributed by atoms with Crippen LogP contribution in [0.4, 0.5) is 0 Å². The van der Waals surface area contributed by atoms with Crippen molar-refractivity contribution in [1.29, 1.82) is 0 Å². The molecule has 0 aromatic rings. The van der Waals surface area contributed by atoms with Crippen LogP contribution in [0.15, 0.2) is 0 Å². The lowest BCUT2D eigenvalue weighted by Crippen LogP contribution is -2.46. The SMILES string of the molecule is NCC1CC(=O)N(C2CCN(C3CC3)CC2)C1. The van der Waals surface area contributed by atoms with Crippen molar-refractivity contribution in [3.63, 3.8) is 0 Å². The summed E-state index contributed by atoms with van der Waals surface area (Å²) in [4.78, 5) is 16.6. The minimum Gasteiger partial charge on any atom is -0.339 e. The van der Waals surface area contributed by atoms with Crippen LogP contribution in [0.1, 0.15) is 32.1 Å². The van der Waals surface area contributed by atoms with E-state index in [4.69, 9.17) is 5.73 Å². The number of amides is 1. The Morgan fingerprint density at radius 2 is 1.82 bits per heavy atom. The fourth-order valence-corrected chi connectivity index (χ4v) is 3.32. The first-order chi connectivity index (χ1) is 8.28. The van der Waals surface area contributed by atoms with E-state index in [-0.39, 0.29) is 0 Å². The molecule has 1 saturated carbocycles. The van der Waals surface area contributed by atoms with E-state index in [0.717, 1.165) is 12.6 Å². The quantitative estimate of drug-likeness (QED) is 0.774. The van der Waals surface area contributed by atoms with Crippen molar-refractivity contribution in [2.45, 2.75) is 44.2 Å². The molecule has 4 nitrogen and oxygen atoms in total. The van der Waals surface area contributed by atoms with E-state index in [1.54, 1.807) is 0 Å². The van der Waals surface area contributed by atoms with E-state index in [2.05, 4.69) is 9.80 Å². The number of nitrogens with two attached hydrogens (primary N) is 1. The minimum atomic E-state index is 0.338. The van der Waals surface area contributed by atoms with Crippen molar-refractivity contribution in [1.82, 2.24) is 9.80 Å². The Morgan fingerprint density at radius 1 is 1.12 bits per heavy atom. The van der Waals surface area contributed by atoms with E-state index in [1.807, 2.05) is 0 Å². The highest BCUT2D eigenvalue weighted by Crippen LogP contribution is 2.31. The summed E-state index contributed by atoms with van der Waals surface area (Å²) < 4.78 is 0. The topological polar surface area (TPSA) is 49.6 Å². The molecule has 2 N–H and O–H groups in total. The van der Waals surface area contributed by atoms with Gasteiger partial charge in [0.25, 0.3) is 0 Å². The van der Waals surface area contributed by atoms with E-state index in [9.17, 15) is 4.79 Å². The molecule has 3 aliphatic rings. The molecule has 1 amide bonds. The summed E-state index contributed by atoms with van der Waals surface area (Å²) in [5.74, 6) is 0.745. The molecule has 0 bridgehead atoms. The second-order valence-electron chi connectivity index (χ2n) is 5.85. The number of piperidine rings is 1. The Hall–Kier alpha value is -0.610. The zero-order chi connectivity index (χ0) is 11.8. The predicted molar refractivity (Wildman–Crippen MR) is 66.5 cm³/mol. The van der Waals surface area contributed by atoms with Crippen LogP contribution in [0.25, 0.3) is 0 Å². The number of hydrogen-bond donors (Lipinski definition) is 1. The molecule has 4 heteroatoms. The third kappa shape index (κ3) is 2.33. The van der Waals surface area contributed by atoms with Gasteiger partial charge in [0.15, 0.2) is 0 Å². The Balaban J connectivity index is 1.53. The molecule has 3 rings (SSSR count). The summed E-state index contributed by atoms with van der Waals surface area (Å²) in [7, 11) is 0. The zero-order valence-corrected chi connectivity index (χ0v) is 10.5. The molecule has 2 aliphatic heterocycles. The molecule has 1 atom stereocenters. The normalized spacial score (nSPS) is 32.4. The second-order valence-corrected chi connectivity index (χ2v) is 5.85. The maximum absolute atomic E-state index is 11.9. The van der Waals surface area contributed by atoms with Crippen molar-refractivity contribution < 1.29 is 4.79 Å². The smallest absolute Gasteiger partial charge is 0.223 e. The maximum Gasteiger partial charge on any atom is 0.223 e. The lowest BCUT2D eigenvalue weighted by atomic mass is 10.0. The third-order valence-electron chi connectivity index (χ3n) is 4.57. The number of rotatable bonds is 3. The molecule has 1 unspecified atom stereocenters. The van der Waals surface area contributed by atoms with Gasteiger partial charge in [-0.1, -0.05) is 0 Å². The minimum absolute atomic E-state index is 0.338. The molecule has 1 aliphatic carbocycles. The van der Waals surface area contributed by atoms with Crippen molar-refractivity contribution >= 4 is 5.91 Å². The van der Waals surface area contributed by atoms with Crippen LogP contribution in [-0.4, -0.2) is 54.0 Å². The van der Waals surface area contributed by atoms with Gasteiger partial charge in [-0.15, -0.1) is 0 Å². The molecular formula is C13H23N3O.